The Morgan fingerprint density at radius 3 is 2.43 bits per heavy atom. The van der Waals surface area contributed by atoms with Crippen LogP contribution in [0, 0.1) is 0 Å². The topological polar surface area (TPSA) is 107 Å². The van der Waals surface area contributed by atoms with Crippen LogP contribution in [-0.4, -0.2) is 26.4 Å². The second-order valence-electron chi connectivity index (χ2n) is 4.86. The molecule has 0 unspecified atom stereocenters. The van der Waals surface area contributed by atoms with E-state index in [-0.39, 0.29) is 35.2 Å². The fraction of sp³-hybridized carbons (Fsp3) is 0.133. The maximum atomic E-state index is 11.7. The molecule has 6 heteroatoms. The van der Waals surface area contributed by atoms with E-state index in [1.807, 2.05) is 0 Å². The Labute approximate surface area is 119 Å². The smallest absolute Gasteiger partial charge is 0.312 e. The second kappa shape index (κ2) is 4.59. The lowest BCUT2D eigenvalue weighted by Crippen LogP contribution is -2.21. The summed E-state index contributed by atoms with van der Waals surface area (Å²) >= 11 is 0. The van der Waals surface area contributed by atoms with Gasteiger partial charge in [0.15, 0.2) is 11.5 Å². The normalized spacial score (nSPS) is 17.1. The predicted octanol–water partition coefficient (Wildman–Crippen LogP) is 1.95. The van der Waals surface area contributed by atoms with E-state index in [0.717, 1.165) is 6.07 Å². The van der Waals surface area contributed by atoms with Gasteiger partial charge in [-0.25, -0.2) is 0 Å². The van der Waals surface area contributed by atoms with Crippen LogP contribution in [0.2, 0.25) is 0 Å². The highest BCUT2D eigenvalue weighted by Crippen LogP contribution is 2.46. The molecule has 6 nitrogen and oxygen atoms in total. The maximum absolute atomic E-state index is 11.7. The second-order valence-corrected chi connectivity index (χ2v) is 4.86. The maximum Gasteiger partial charge on any atom is 0.312 e. The fourth-order valence-electron chi connectivity index (χ4n) is 2.51. The number of rotatable bonds is 1. The molecule has 2 aromatic rings. The van der Waals surface area contributed by atoms with Crippen LogP contribution in [-0.2, 0) is 4.79 Å². The van der Waals surface area contributed by atoms with E-state index in [0.29, 0.717) is 11.1 Å². The quantitative estimate of drug-likeness (QED) is 0.363. The first-order chi connectivity index (χ1) is 9.95. The molecule has 0 radical (unpaired) electrons. The SMILES string of the molecule is O=C1C[C@H](c2ccc(O)c(O)c2)c2c(O)cc(O)cc2O1. The number of carbonyl (C=O) groups excluding carboxylic acids is 1. The van der Waals surface area contributed by atoms with Gasteiger partial charge in [0.1, 0.15) is 17.2 Å². The molecule has 0 amide bonds. The number of benzene rings is 2. The van der Waals surface area contributed by atoms with Gasteiger partial charge in [0, 0.05) is 23.6 Å². The van der Waals surface area contributed by atoms with Crippen LogP contribution in [0.5, 0.6) is 28.7 Å². The summed E-state index contributed by atoms with van der Waals surface area (Å²) in [6, 6.07) is 6.59. The number of ether oxygens (including phenoxy) is 1. The van der Waals surface area contributed by atoms with Gasteiger partial charge in [-0.3, -0.25) is 4.79 Å². The summed E-state index contributed by atoms with van der Waals surface area (Å²) in [6.45, 7) is 0. The first kappa shape index (κ1) is 13.1. The summed E-state index contributed by atoms with van der Waals surface area (Å²) in [4.78, 5) is 11.7. The van der Waals surface area contributed by atoms with Crippen LogP contribution in [0.4, 0.5) is 0 Å². The molecule has 3 rings (SSSR count). The van der Waals surface area contributed by atoms with Gasteiger partial charge >= 0.3 is 5.97 Å². The molecule has 21 heavy (non-hydrogen) atoms. The molecule has 0 spiro atoms. The van der Waals surface area contributed by atoms with E-state index < -0.39 is 11.9 Å². The molecule has 108 valence electrons. The number of esters is 1. The van der Waals surface area contributed by atoms with Crippen LogP contribution in [0.3, 0.4) is 0 Å². The zero-order valence-electron chi connectivity index (χ0n) is 10.8. The van der Waals surface area contributed by atoms with Crippen LogP contribution in [0.1, 0.15) is 23.5 Å². The van der Waals surface area contributed by atoms with Gasteiger partial charge in [-0.05, 0) is 17.7 Å². The first-order valence-corrected chi connectivity index (χ1v) is 6.24. The Morgan fingerprint density at radius 1 is 0.952 bits per heavy atom. The molecule has 1 aliphatic rings. The third kappa shape index (κ3) is 2.20. The third-order valence-corrected chi connectivity index (χ3v) is 3.45. The van der Waals surface area contributed by atoms with Crippen molar-refractivity contribution in [3.63, 3.8) is 0 Å². The molecular weight excluding hydrogens is 276 g/mol. The lowest BCUT2D eigenvalue weighted by atomic mass is 9.85. The largest absolute Gasteiger partial charge is 0.508 e. The Morgan fingerprint density at radius 2 is 1.71 bits per heavy atom. The molecule has 1 aliphatic heterocycles. The molecule has 0 saturated heterocycles. The van der Waals surface area contributed by atoms with Crippen LogP contribution < -0.4 is 4.74 Å². The molecule has 1 heterocycles. The average Bonchev–Trinajstić information content (AvgIpc) is 2.40. The minimum absolute atomic E-state index is 0.0183. The molecule has 1 atom stereocenters. The van der Waals surface area contributed by atoms with Gasteiger partial charge < -0.3 is 25.2 Å². The summed E-state index contributed by atoms with van der Waals surface area (Å²) in [5.41, 5.74) is 0.904. The fourth-order valence-corrected chi connectivity index (χ4v) is 2.51. The molecule has 0 bridgehead atoms. The Hall–Kier alpha value is -2.89. The zero-order chi connectivity index (χ0) is 15.1. The Balaban J connectivity index is 2.16. The molecular formula is C15H12O6. The van der Waals surface area contributed by atoms with E-state index in [4.69, 9.17) is 4.74 Å². The molecule has 2 aromatic carbocycles. The zero-order valence-corrected chi connectivity index (χ0v) is 10.8. The van der Waals surface area contributed by atoms with Gasteiger partial charge in [0.05, 0.1) is 6.42 Å². The van der Waals surface area contributed by atoms with Gasteiger partial charge in [-0.15, -0.1) is 0 Å². The highest BCUT2D eigenvalue weighted by atomic mass is 16.5. The highest BCUT2D eigenvalue weighted by molar-refractivity contribution is 5.79. The average molecular weight is 288 g/mol. The molecule has 0 fully saturated rings. The summed E-state index contributed by atoms with van der Waals surface area (Å²) in [5.74, 6) is -1.96. The molecule has 0 aromatic heterocycles. The summed E-state index contributed by atoms with van der Waals surface area (Å²) in [5, 5.41) is 38.4. The number of hydrogen-bond acceptors (Lipinski definition) is 6. The van der Waals surface area contributed by atoms with E-state index in [1.165, 1.54) is 18.2 Å². The van der Waals surface area contributed by atoms with E-state index in [1.54, 1.807) is 6.07 Å². The van der Waals surface area contributed by atoms with Gasteiger partial charge in [0.25, 0.3) is 0 Å². The minimum atomic E-state index is -0.534. The highest BCUT2D eigenvalue weighted by Gasteiger charge is 2.32. The number of phenolic OH excluding ortho intramolecular Hbond substituents is 4. The van der Waals surface area contributed by atoms with Crippen LogP contribution >= 0.6 is 0 Å². The third-order valence-electron chi connectivity index (χ3n) is 3.45. The van der Waals surface area contributed by atoms with Crippen molar-refractivity contribution in [1.29, 1.82) is 0 Å². The van der Waals surface area contributed by atoms with Crippen molar-refractivity contribution in [2.24, 2.45) is 0 Å². The van der Waals surface area contributed by atoms with E-state index in [2.05, 4.69) is 0 Å². The molecule has 0 aliphatic carbocycles. The van der Waals surface area contributed by atoms with Crippen molar-refractivity contribution in [2.45, 2.75) is 12.3 Å². The molecule has 4 N–H and O–H groups in total. The van der Waals surface area contributed by atoms with Crippen molar-refractivity contribution < 1.29 is 30.0 Å². The van der Waals surface area contributed by atoms with E-state index >= 15 is 0 Å². The summed E-state index contributed by atoms with van der Waals surface area (Å²) in [7, 11) is 0. The lowest BCUT2D eigenvalue weighted by Gasteiger charge is -2.25. The van der Waals surface area contributed by atoms with E-state index in [9.17, 15) is 25.2 Å². The predicted molar refractivity (Wildman–Crippen MR) is 71.6 cm³/mol. The summed E-state index contributed by atoms with van der Waals surface area (Å²) < 4.78 is 5.03. The lowest BCUT2D eigenvalue weighted by molar-refractivity contribution is -0.135. The van der Waals surface area contributed by atoms with Crippen molar-refractivity contribution in [2.75, 3.05) is 0 Å². The first-order valence-electron chi connectivity index (χ1n) is 6.24. The van der Waals surface area contributed by atoms with Crippen molar-refractivity contribution in [3.8, 4) is 28.7 Å². The number of phenols is 4. The summed E-state index contributed by atoms with van der Waals surface area (Å²) in [6.07, 6.45) is -0.0183. The minimum Gasteiger partial charge on any atom is -0.508 e. The van der Waals surface area contributed by atoms with Crippen molar-refractivity contribution in [1.82, 2.24) is 0 Å². The van der Waals surface area contributed by atoms with Crippen LogP contribution in [0.25, 0.3) is 0 Å². The van der Waals surface area contributed by atoms with Crippen molar-refractivity contribution >= 4 is 5.97 Å². The van der Waals surface area contributed by atoms with Gasteiger partial charge in [-0.1, -0.05) is 6.07 Å². The Bertz CT molecular complexity index is 737. The van der Waals surface area contributed by atoms with Crippen molar-refractivity contribution in [3.05, 3.63) is 41.5 Å². The standard InChI is InChI=1S/C15H12O6/c16-8-4-12(19)15-9(6-14(20)21-13(15)5-8)7-1-2-10(17)11(18)3-7/h1-5,9,16-19H,6H2/t9-/m1/s1. The monoisotopic (exact) mass is 288 g/mol. The number of aromatic hydroxyl groups is 4. The van der Waals surface area contributed by atoms with Crippen LogP contribution in [0.15, 0.2) is 30.3 Å². The number of fused-ring (bicyclic) bond motifs is 1. The van der Waals surface area contributed by atoms with Gasteiger partial charge in [-0.2, -0.15) is 0 Å². The Kier molecular flexibility index (Phi) is 2.86. The molecule has 0 saturated carbocycles. The number of hydrogen-bond donors (Lipinski definition) is 4. The van der Waals surface area contributed by atoms with Gasteiger partial charge in [0.2, 0.25) is 0 Å². The number of carbonyl (C=O) groups is 1.